The number of hydrogen-bond acceptors (Lipinski definition) is 2. The van der Waals surface area contributed by atoms with Gasteiger partial charge in [-0.05, 0) is 28.9 Å². The standard InChI is InChI=1S/C9H12BrFN2/c1-3-13(2)9-4-6(10)7(11)5-8(9)12/h4-5H,3,12H2,1-2H3. The normalized spacial score (nSPS) is 10.2. The van der Waals surface area contributed by atoms with Gasteiger partial charge >= 0.3 is 0 Å². The van der Waals surface area contributed by atoms with Gasteiger partial charge in [-0.3, -0.25) is 0 Å². The topological polar surface area (TPSA) is 29.3 Å². The van der Waals surface area contributed by atoms with E-state index in [-0.39, 0.29) is 5.82 Å². The first-order chi connectivity index (χ1) is 6.06. The third kappa shape index (κ3) is 2.12. The van der Waals surface area contributed by atoms with Crippen molar-refractivity contribution in [2.24, 2.45) is 0 Å². The molecule has 1 aromatic carbocycles. The maximum absolute atomic E-state index is 13.0. The van der Waals surface area contributed by atoms with Crippen LogP contribution >= 0.6 is 15.9 Å². The van der Waals surface area contributed by atoms with Crippen molar-refractivity contribution >= 4 is 27.3 Å². The highest BCUT2D eigenvalue weighted by atomic mass is 79.9. The van der Waals surface area contributed by atoms with Gasteiger partial charge in [0.25, 0.3) is 0 Å². The number of hydrogen-bond donors (Lipinski definition) is 1. The average molecular weight is 247 g/mol. The van der Waals surface area contributed by atoms with E-state index in [1.807, 2.05) is 18.9 Å². The molecule has 0 amide bonds. The number of nitrogens with two attached hydrogens (primary N) is 1. The predicted molar refractivity (Wildman–Crippen MR) is 57.5 cm³/mol. The van der Waals surface area contributed by atoms with E-state index in [0.717, 1.165) is 12.2 Å². The average Bonchev–Trinajstić information content (AvgIpc) is 2.10. The van der Waals surface area contributed by atoms with Crippen LogP contribution in [0.25, 0.3) is 0 Å². The molecular weight excluding hydrogens is 235 g/mol. The Morgan fingerprint density at radius 2 is 2.15 bits per heavy atom. The lowest BCUT2D eigenvalue weighted by Gasteiger charge is -2.19. The molecule has 0 spiro atoms. The lowest BCUT2D eigenvalue weighted by atomic mass is 10.2. The van der Waals surface area contributed by atoms with Crippen LogP contribution in [0.3, 0.4) is 0 Å². The van der Waals surface area contributed by atoms with Gasteiger partial charge in [-0.2, -0.15) is 0 Å². The number of nitrogens with zero attached hydrogens (tertiary/aromatic N) is 1. The summed E-state index contributed by atoms with van der Waals surface area (Å²) < 4.78 is 13.4. The summed E-state index contributed by atoms with van der Waals surface area (Å²) in [5.41, 5.74) is 6.97. The smallest absolute Gasteiger partial charge is 0.139 e. The molecule has 1 rings (SSSR count). The molecule has 2 nitrogen and oxygen atoms in total. The molecule has 1 aromatic rings. The van der Waals surface area contributed by atoms with Crippen LogP contribution in [0.2, 0.25) is 0 Å². The minimum absolute atomic E-state index is 0.328. The summed E-state index contributed by atoms with van der Waals surface area (Å²) in [5.74, 6) is -0.328. The van der Waals surface area contributed by atoms with E-state index in [1.165, 1.54) is 6.07 Å². The van der Waals surface area contributed by atoms with E-state index in [0.29, 0.717) is 10.2 Å². The van der Waals surface area contributed by atoms with Crippen LogP contribution in [0.5, 0.6) is 0 Å². The minimum atomic E-state index is -0.328. The summed E-state index contributed by atoms with van der Waals surface area (Å²) in [6, 6.07) is 3.01. The van der Waals surface area contributed by atoms with E-state index in [2.05, 4.69) is 15.9 Å². The third-order valence-corrected chi connectivity index (χ3v) is 2.56. The van der Waals surface area contributed by atoms with Crippen LogP contribution in [0.1, 0.15) is 6.92 Å². The second-order valence-corrected chi connectivity index (χ2v) is 3.69. The second-order valence-electron chi connectivity index (χ2n) is 2.84. The lowest BCUT2D eigenvalue weighted by Crippen LogP contribution is -2.17. The summed E-state index contributed by atoms with van der Waals surface area (Å²) in [7, 11) is 1.91. The summed E-state index contributed by atoms with van der Waals surface area (Å²) in [6.07, 6.45) is 0. The van der Waals surface area contributed by atoms with Gasteiger partial charge in [-0.25, -0.2) is 4.39 Å². The van der Waals surface area contributed by atoms with Crippen LogP contribution in [-0.4, -0.2) is 13.6 Å². The fraction of sp³-hybridized carbons (Fsp3) is 0.333. The molecular formula is C9H12BrFN2. The lowest BCUT2D eigenvalue weighted by molar-refractivity contribution is 0.621. The van der Waals surface area contributed by atoms with Gasteiger partial charge in [-0.15, -0.1) is 0 Å². The zero-order valence-electron chi connectivity index (χ0n) is 7.64. The molecule has 0 aliphatic carbocycles. The Morgan fingerprint density at radius 3 is 2.69 bits per heavy atom. The van der Waals surface area contributed by atoms with Crippen molar-refractivity contribution in [2.75, 3.05) is 24.2 Å². The Balaban J connectivity index is 3.15. The van der Waals surface area contributed by atoms with E-state index in [1.54, 1.807) is 6.07 Å². The number of halogens is 2. The van der Waals surface area contributed by atoms with Crippen molar-refractivity contribution in [3.63, 3.8) is 0 Å². The zero-order chi connectivity index (χ0) is 10.0. The number of rotatable bonds is 2. The molecule has 0 heterocycles. The molecule has 4 heteroatoms. The van der Waals surface area contributed by atoms with E-state index < -0.39 is 0 Å². The first kappa shape index (κ1) is 10.3. The largest absolute Gasteiger partial charge is 0.397 e. The minimum Gasteiger partial charge on any atom is -0.397 e. The summed E-state index contributed by atoms with van der Waals surface area (Å²) >= 11 is 3.12. The highest BCUT2D eigenvalue weighted by molar-refractivity contribution is 9.10. The summed E-state index contributed by atoms with van der Waals surface area (Å²) in [6.45, 7) is 2.85. The maximum atomic E-state index is 13.0. The van der Waals surface area contributed by atoms with Crippen LogP contribution in [0.4, 0.5) is 15.8 Å². The maximum Gasteiger partial charge on any atom is 0.139 e. The fourth-order valence-corrected chi connectivity index (χ4v) is 1.38. The van der Waals surface area contributed by atoms with E-state index in [4.69, 9.17) is 5.73 Å². The van der Waals surface area contributed by atoms with Crippen LogP contribution in [0, 0.1) is 5.82 Å². The third-order valence-electron chi connectivity index (χ3n) is 1.96. The predicted octanol–water partition coefficient (Wildman–Crippen LogP) is 2.63. The molecule has 0 aliphatic heterocycles. The van der Waals surface area contributed by atoms with Gasteiger partial charge < -0.3 is 10.6 Å². The molecule has 0 atom stereocenters. The monoisotopic (exact) mass is 246 g/mol. The number of anilines is 2. The molecule has 0 radical (unpaired) electrons. The van der Waals surface area contributed by atoms with Crippen molar-refractivity contribution in [1.29, 1.82) is 0 Å². The van der Waals surface area contributed by atoms with Gasteiger partial charge in [0.15, 0.2) is 0 Å². The van der Waals surface area contributed by atoms with Crippen molar-refractivity contribution in [2.45, 2.75) is 6.92 Å². The quantitative estimate of drug-likeness (QED) is 0.814. The molecule has 0 saturated heterocycles. The molecule has 72 valence electrons. The first-order valence-electron chi connectivity index (χ1n) is 4.02. The molecule has 0 unspecified atom stereocenters. The molecule has 0 aliphatic rings. The zero-order valence-corrected chi connectivity index (χ0v) is 9.23. The SMILES string of the molecule is CCN(C)c1cc(Br)c(F)cc1N. The van der Waals surface area contributed by atoms with E-state index in [9.17, 15) is 4.39 Å². The fourth-order valence-electron chi connectivity index (χ4n) is 1.05. The Labute approximate surface area is 85.7 Å². The highest BCUT2D eigenvalue weighted by Crippen LogP contribution is 2.28. The Morgan fingerprint density at radius 1 is 1.54 bits per heavy atom. The van der Waals surface area contributed by atoms with Gasteiger partial charge in [0.2, 0.25) is 0 Å². The highest BCUT2D eigenvalue weighted by Gasteiger charge is 2.08. The van der Waals surface area contributed by atoms with Crippen molar-refractivity contribution in [3.8, 4) is 0 Å². The Kier molecular flexibility index (Phi) is 3.14. The van der Waals surface area contributed by atoms with Gasteiger partial charge in [0.1, 0.15) is 5.82 Å². The molecule has 0 fully saturated rings. The summed E-state index contributed by atoms with van der Waals surface area (Å²) in [4.78, 5) is 1.96. The first-order valence-corrected chi connectivity index (χ1v) is 4.81. The number of nitrogen functional groups attached to an aromatic ring is 1. The molecule has 0 bridgehead atoms. The Hall–Kier alpha value is -0.770. The van der Waals surface area contributed by atoms with Gasteiger partial charge in [0.05, 0.1) is 15.8 Å². The molecule has 0 aromatic heterocycles. The van der Waals surface area contributed by atoms with Crippen molar-refractivity contribution in [1.82, 2.24) is 0 Å². The van der Waals surface area contributed by atoms with Gasteiger partial charge in [-0.1, -0.05) is 0 Å². The summed E-state index contributed by atoms with van der Waals surface area (Å²) in [5, 5.41) is 0. The number of benzene rings is 1. The van der Waals surface area contributed by atoms with Crippen molar-refractivity contribution in [3.05, 3.63) is 22.4 Å². The van der Waals surface area contributed by atoms with Crippen LogP contribution in [0.15, 0.2) is 16.6 Å². The molecule has 0 saturated carbocycles. The molecule has 2 N–H and O–H groups in total. The van der Waals surface area contributed by atoms with Crippen LogP contribution < -0.4 is 10.6 Å². The molecule has 13 heavy (non-hydrogen) atoms. The Bertz CT molecular complexity index is 315. The van der Waals surface area contributed by atoms with Crippen molar-refractivity contribution < 1.29 is 4.39 Å². The van der Waals surface area contributed by atoms with Crippen LogP contribution in [-0.2, 0) is 0 Å². The van der Waals surface area contributed by atoms with Gasteiger partial charge in [0, 0.05) is 19.7 Å². The van der Waals surface area contributed by atoms with E-state index >= 15 is 0 Å². The second kappa shape index (κ2) is 3.96.